The van der Waals surface area contributed by atoms with Crippen LogP contribution in [-0.2, 0) is 47.9 Å². The molecular formula is C56H77N5O11S4. The number of Topliss-reactive ketones (excluding diaryl/α,β-unsaturated/α-hetero) is 6. The summed E-state index contributed by atoms with van der Waals surface area (Å²) in [6, 6.07) is 14.6. The van der Waals surface area contributed by atoms with Crippen LogP contribution in [-0.4, -0.2) is 163 Å². The summed E-state index contributed by atoms with van der Waals surface area (Å²) in [4.78, 5) is 133. The van der Waals surface area contributed by atoms with Gasteiger partial charge in [-0.2, -0.15) is 0 Å². The molecule has 20 heteroatoms. The minimum absolute atomic E-state index is 0.00403. The largest absolute Gasteiger partial charge is 0.479 e. The van der Waals surface area contributed by atoms with Crippen LogP contribution < -0.4 is 10.6 Å². The summed E-state index contributed by atoms with van der Waals surface area (Å²) in [5.41, 5.74) is 1.05. The number of nitrogens with one attached hydrogen (secondary N) is 2. The molecule has 2 aromatic carbocycles. The molecule has 4 aliphatic heterocycles. The summed E-state index contributed by atoms with van der Waals surface area (Å²) in [7, 11) is 7.14. The molecule has 2 aromatic rings. The predicted molar refractivity (Wildman–Crippen MR) is 302 cm³/mol. The van der Waals surface area contributed by atoms with Gasteiger partial charge in [0.25, 0.3) is 0 Å². The SMILES string of the molecule is CCCC(CC(=O)[C@@H]1CC2(CN1C)SCCCS2)C(=O)C(=O)CCC(=O)N[C@H](C(=O)N(C)C)c1ccccc1.CCCC(CC(=O)[C@@H]1CC2(CN1C)SCCCS2)C(=O)C(=O)CCC(=O)N[C@H](C(=O)O)c1ccccc1. The summed E-state index contributed by atoms with van der Waals surface area (Å²) in [5.74, 6) is -2.06. The number of nitrogens with zero attached hydrogens (tertiary/aromatic N) is 3. The van der Waals surface area contributed by atoms with Gasteiger partial charge in [0.2, 0.25) is 29.3 Å². The van der Waals surface area contributed by atoms with Gasteiger partial charge in [-0.25, -0.2) is 4.79 Å². The van der Waals surface area contributed by atoms with Gasteiger partial charge in [-0.15, -0.1) is 47.0 Å². The first kappa shape index (κ1) is 62.5. The maximum absolute atomic E-state index is 13.3. The monoisotopic (exact) mass is 1120 g/mol. The van der Waals surface area contributed by atoms with Crippen LogP contribution in [0.4, 0.5) is 0 Å². The van der Waals surface area contributed by atoms with Gasteiger partial charge >= 0.3 is 5.97 Å². The van der Waals surface area contributed by atoms with Gasteiger partial charge in [0.1, 0.15) is 6.04 Å². The van der Waals surface area contributed by atoms with Crippen molar-refractivity contribution in [3.63, 3.8) is 0 Å². The van der Waals surface area contributed by atoms with Crippen LogP contribution in [0.2, 0.25) is 0 Å². The number of benzene rings is 2. The third kappa shape index (κ3) is 17.8. The third-order valence-electron chi connectivity index (χ3n) is 14.3. The maximum Gasteiger partial charge on any atom is 0.330 e. The van der Waals surface area contributed by atoms with Crippen molar-refractivity contribution in [3.05, 3.63) is 71.8 Å². The van der Waals surface area contributed by atoms with E-state index in [0.29, 0.717) is 36.8 Å². The van der Waals surface area contributed by atoms with Crippen LogP contribution in [0.15, 0.2) is 60.7 Å². The van der Waals surface area contributed by atoms with E-state index in [1.165, 1.54) is 17.7 Å². The Hall–Kier alpha value is -4.34. The van der Waals surface area contributed by atoms with Gasteiger partial charge in [0.15, 0.2) is 29.2 Å². The van der Waals surface area contributed by atoms with Crippen LogP contribution in [0.25, 0.3) is 0 Å². The minimum Gasteiger partial charge on any atom is -0.479 e. The van der Waals surface area contributed by atoms with Crippen LogP contribution in [0.5, 0.6) is 0 Å². The van der Waals surface area contributed by atoms with Crippen molar-refractivity contribution in [1.82, 2.24) is 25.3 Å². The molecule has 4 aliphatic rings. The Kier molecular flexibility index (Phi) is 24.8. The fourth-order valence-corrected chi connectivity index (χ4v) is 17.2. The molecule has 416 valence electrons. The van der Waals surface area contributed by atoms with Crippen molar-refractivity contribution in [1.29, 1.82) is 0 Å². The lowest BCUT2D eigenvalue weighted by Gasteiger charge is -2.31. The second kappa shape index (κ2) is 30.1. The number of carboxylic acid groups (broad SMARTS) is 1. The molecule has 4 saturated heterocycles. The zero-order chi connectivity index (χ0) is 55.6. The number of amides is 3. The third-order valence-corrected chi connectivity index (χ3v) is 20.9. The number of likely N-dealkylation sites (N-methyl/N-ethyl adjacent to an activating group) is 3. The maximum atomic E-state index is 13.3. The van der Waals surface area contributed by atoms with E-state index in [9.17, 15) is 53.1 Å². The van der Waals surface area contributed by atoms with Gasteiger partial charge in [-0.3, -0.25) is 53.0 Å². The van der Waals surface area contributed by atoms with E-state index < -0.39 is 64.8 Å². The highest BCUT2D eigenvalue weighted by Crippen LogP contribution is 2.51. The fourth-order valence-electron chi connectivity index (χ4n) is 10.2. The molecule has 0 aliphatic carbocycles. The summed E-state index contributed by atoms with van der Waals surface area (Å²) in [6.45, 7) is 5.52. The molecule has 3 amide bonds. The zero-order valence-corrected chi connectivity index (χ0v) is 48.2. The molecule has 6 atom stereocenters. The highest BCUT2D eigenvalue weighted by atomic mass is 32.2. The van der Waals surface area contributed by atoms with Crippen LogP contribution in [0.1, 0.15) is 127 Å². The molecular weight excluding hydrogens is 1050 g/mol. The second-order valence-corrected chi connectivity index (χ2v) is 26.9. The lowest BCUT2D eigenvalue weighted by molar-refractivity contribution is -0.142. The second-order valence-electron chi connectivity index (χ2n) is 20.5. The average molecular weight is 1120 g/mol. The van der Waals surface area contributed by atoms with E-state index in [0.717, 1.165) is 48.9 Å². The Balaban J connectivity index is 0.000000281. The Morgan fingerprint density at radius 1 is 0.592 bits per heavy atom. The van der Waals surface area contributed by atoms with Gasteiger partial charge < -0.3 is 20.6 Å². The topological polar surface area (TPSA) is 225 Å². The van der Waals surface area contributed by atoms with Crippen molar-refractivity contribution in [2.24, 2.45) is 11.8 Å². The van der Waals surface area contributed by atoms with Crippen molar-refractivity contribution in [2.75, 3.05) is 64.3 Å². The van der Waals surface area contributed by atoms with Crippen molar-refractivity contribution in [2.45, 2.75) is 136 Å². The van der Waals surface area contributed by atoms with Gasteiger partial charge in [-0.1, -0.05) is 87.4 Å². The summed E-state index contributed by atoms with van der Waals surface area (Å²) in [5, 5.41) is 14.6. The van der Waals surface area contributed by atoms with E-state index in [-0.39, 0.29) is 76.2 Å². The Morgan fingerprint density at radius 2 is 0.961 bits per heavy atom. The summed E-state index contributed by atoms with van der Waals surface area (Å²) >= 11 is 7.73. The number of carbonyl (C=O) groups excluding carboxylic acids is 9. The van der Waals surface area contributed by atoms with E-state index in [1.807, 2.05) is 81.1 Å². The molecule has 4 heterocycles. The Morgan fingerprint density at radius 3 is 1.32 bits per heavy atom. The van der Waals surface area contributed by atoms with E-state index in [1.54, 1.807) is 68.7 Å². The molecule has 16 nitrogen and oxygen atoms in total. The van der Waals surface area contributed by atoms with Gasteiger partial charge in [0, 0.05) is 77.5 Å². The molecule has 0 bridgehead atoms. The van der Waals surface area contributed by atoms with Crippen molar-refractivity contribution >= 4 is 105 Å². The Bertz CT molecular complexity index is 2360. The first-order chi connectivity index (χ1) is 36.2. The number of thioether (sulfide) groups is 4. The fraction of sp³-hybridized carbons (Fsp3) is 0.607. The molecule has 76 heavy (non-hydrogen) atoms. The van der Waals surface area contributed by atoms with E-state index in [4.69, 9.17) is 0 Å². The van der Waals surface area contributed by atoms with Crippen LogP contribution in [0.3, 0.4) is 0 Å². The number of ketones is 6. The number of carboxylic acids is 1. The number of hydrogen-bond donors (Lipinski definition) is 3. The molecule has 0 saturated carbocycles. The molecule has 3 N–H and O–H groups in total. The lowest BCUT2D eigenvalue weighted by atomic mass is 9.87. The first-order valence-corrected chi connectivity index (χ1v) is 30.4. The molecule has 4 fully saturated rings. The van der Waals surface area contributed by atoms with Crippen molar-refractivity contribution < 1.29 is 53.1 Å². The summed E-state index contributed by atoms with van der Waals surface area (Å²) < 4.78 is 0.0840. The average Bonchev–Trinajstić information content (AvgIpc) is 3.91. The summed E-state index contributed by atoms with van der Waals surface area (Å²) in [6.07, 6.45) is 5.13. The molecule has 2 spiro atoms. The molecule has 0 aromatic heterocycles. The number of rotatable bonds is 26. The van der Waals surface area contributed by atoms with Crippen molar-refractivity contribution in [3.8, 4) is 0 Å². The quantitative estimate of drug-likeness (QED) is 0.0807. The normalized spacial score (nSPS) is 20.5. The van der Waals surface area contributed by atoms with Gasteiger partial charge in [-0.05, 0) is 86.8 Å². The number of likely N-dealkylation sites (tertiary alicyclic amines) is 2. The van der Waals surface area contributed by atoms with Crippen LogP contribution >= 0.6 is 47.0 Å². The smallest absolute Gasteiger partial charge is 0.330 e. The van der Waals surface area contributed by atoms with E-state index in [2.05, 4.69) is 20.4 Å². The van der Waals surface area contributed by atoms with Gasteiger partial charge in [0.05, 0.1) is 20.2 Å². The first-order valence-electron chi connectivity index (χ1n) is 26.5. The lowest BCUT2D eigenvalue weighted by Crippen LogP contribution is -2.40. The standard InChI is InChI=1S/C29H41N3O5S2.C27H36N2O6S2/c1-5-10-21(17-24(34)22-18-29(19-32(22)4)38-15-9-16-39-29)27(36)23(33)13-14-25(35)30-26(28(37)31(2)3)20-11-7-6-8-12-20;1-3-8-19(15-22(31)20-16-27(17-29(20)2)36-13-7-14-37-27)25(33)21(30)11-12-23(32)28-24(26(34)35)18-9-5-4-6-10-18/h6-8,11-12,21-22,26H,5,9-10,13-19H2,1-4H3,(H,30,35);4-6,9-10,19-20,24H,3,7-8,11-17H2,1-2H3,(H,28,32)(H,34,35)/t21?,22-,26-;19?,20-,24-/m00/s1. The van der Waals surface area contributed by atoms with E-state index >= 15 is 0 Å². The molecule has 0 radical (unpaired) electrons. The zero-order valence-electron chi connectivity index (χ0n) is 44.9. The molecule has 2 unspecified atom stereocenters. The predicted octanol–water partition coefficient (Wildman–Crippen LogP) is 6.99. The highest BCUT2D eigenvalue weighted by molar-refractivity contribution is 8.19. The highest BCUT2D eigenvalue weighted by Gasteiger charge is 2.49. The minimum atomic E-state index is -1.24. The number of carbonyl (C=O) groups is 10. The van der Waals surface area contributed by atoms with Crippen LogP contribution in [0, 0.1) is 11.8 Å². The number of aliphatic carboxylic acids is 1. The number of hydrogen-bond acceptors (Lipinski definition) is 16. The molecule has 6 rings (SSSR count). The Labute approximate surface area is 465 Å².